The smallest absolute Gasteiger partial charge is 0.209 e. The number of pyridine rings is 1. The van der Waals surface area contributed by atoms with Gasteiger partial charge in [-0.25, -0.2) is 0 Å². The lowest BCUT2D eigenvalue weighted by Gasteiger charge is -1.95. The Labute approximate surface area is 75.4 Å². The molecule has 0 spiro atoms. The third-order valence-electron chi connectivity index (χ3n) is 1.79. The van der Waals surface area contributed by atoms with Gasteiger partial charge in [-0.15, -0.1) is 0 Å². The van der Waals surface area contributed by atoms with Crippen LogP contribution in [-0.4, -0.2) is 15.8 Å². The summed E-state index contributed by atoms with van der Waals surface area (Å²) >= 11 is 0. The van der Waals surface area contributed by atoms with E-state index in [1.165, 1.54) is 0 Å². The molecule has 0 amide bonds. The van der Waals surface area contributed by atoms with E-state index in [1.54, 1.807) is 42.9 Å². The van der Waals surface area contributed by atoms with E-state index in [0.717, 1.165) is 0 Å². The molecule has 3 nitrogen and oxygen atoms in total. The zero-order valence-corrected chi connectivity index (χ0v) is 6.90. The van der Waals surface area contributed by atoms with Crippen LogP contribution in [0.3, 0.4) is 0 Å². The Hall–Kier alpha value is -1.90. The second kappa shape index (κ2) is 3.23. The predicted molar refractivity (Wildman–Crippen MR) is 48.5 cm³/mol. The van der Waals surface area contributed by atoms with Crippen LogP contribution in [0, 0.1) is 0 Å². The largest absolute Gasteiger partial charge is 0.359 e. The van der Waals surface area contributed by atoms with Gasteiger partial charge < -0.3 is 4.98 Å². The van der Waals surface area contributed by atoms with Gasteiger partial charge in [0.05, 0.1) is 5.69 Å². The molecule has 0 saturated carbocycles. The number of rotatable bonds is 2. The van der Waals surface area contributed by atoms with E-state index in [9.17, 15) is 4.79 Å². The molecule has 0 fully saturated rings. The van der Waals surface area contributed by atoms with E-state index in [2.05, 4.69) is 9.97 Å². The van der Waals surface area contributed by atoms with Gasteiger partial charge in [0.1, 0.15) is 0 Å². The van der Waals surface area contributed by atoms with E-state index >= 15 is 0 Å². The van der Waals surface area contributed by atoms with Crippen LogP contribution in [0.5, 0.6) is 0 Å². The average Bonchev–Trinajstić information content (AvgIpc) is 2.71. The molecule has 0 bridgehead atoms. The van der Waals surface area contributed by atoms with Crippen LogP contribution >= 0.6 is 0 Å². The topological polar surface area (TPSA) is 45.8 Å². The lowest BCUT2D eigenvalue weighted by Crippen LogP contribution is -2.00. The second-order valence-electron chi connectivity index (χ2n) is 2.65. The molecule has 0 atom stereocenters. The highest BCUT2D eigenvalue weighted by atomic mass is 16.1. The summed E-state index contributed by atoms with van der Waals surface area (Å²) in [6.07, 6.45) is 4.95. The Balaban J connectivity index is 2.34. The minimum Gasteiger partial charge on any atom is -0.359 e. The number of carbonyl (C=O) groups excluding carboxylic acids is 1. The molecule has 2 aromatic rings. The SMILES string of the molecule is O=C(c1ccncc1)c1ccc[nH]1. The molecular weight excluding hydrogens is 164 g/mol. The number of H-pyrrole nitrogens is 1. The van der Waals surface area contributed by atoms with E-state index < -0.39 is 0 Å². The fourth-order valence-electron chi connectivity index (χ4n) is 1.13. The second-order valence-corrected chi connectivity index (χ2v) is 2.65. The molecule has 2 heterocycles. The van der Waals surface area contributed by atoms with Crippen LogP contribution in [0.25, 0.3) is 0 Å². The summed E-state index contributed by atoms with van der Waals surface area (Å²) in [5, 5.41) is 0. The van der Waals surface area contributed by atoms with Crippen LogP contribution in [-0.2, 0) is 0 Å². The fourth-order valence-corrected chi connectivity index (χ4v) is 1.13. The summed E-state index contributed by atoms with van der Waals surface area (Å²) in [5.74, 6) is -0.00704. The van der Waals surface area contributed by atoms with Crippen molar-refractivity contribution in [3.05, 3.63) is 54.1 Å². The summed E-state index contributed by atoms with van der Waals surface area (Å²) in [6, 6.07) is 6.95. The average molecular weight is 172 g/mol. The van der Waals surface area contributed by atoms with E-state index in [0.29, 0.717) is 11.3 Å². The number of ketones is 1. The van der Waals surface area contributed by atoms with Crippen molar-refractivity contribution in [2.75, 3.05) is 0 Å². The maximum Gasteiger partial charge on any atom is 0.209 e. The maximum atomic E-state index is 11.6. The predicted octanol–water partition coefficient (Wildman–Crippen LogP) is 1.64. The van der Waals surface area contributed by atoms with Crippen molar-refractivity contribution >= 4 is 5.78 Å². The fraction of sp³-hybridized carbons (Fsp3) is 0. The molecule has 0 unspecified atom stereocenters. The highest BCUT2D eigenvalue weighted by molar-refractivity contribution is 6.07. The molecule has 64 valence electrons. The van der Waals surface area contributed by atoms with Crippen LogP contribution in [0.1, 0.15) is 16.1 Å². The molecule has 3 heteroatoms. The van der Waals surface area contributed by atoms with Crippen molar-refractivity contribution in [3.8, 4) is 0 Å². The molecule has 2 rings (SSSR count). The van der Waals surface area contributed by atoms with Crippen molar-refractivity contribution in [1.29, 1.82) is 0 Å². The molecule has 0 saturated heterocycles. The number of hydrogen-bond acceptors (Lipinski definition) is 2. The van der Waals surface area contributed by atoms with Gasteiger partial charge in [0.15, 0.2) is 0 Å². The van der Waals surface area contributed by atoms with Gasteiger partial charge in [-0.05, 0) is 24.3 Å². The Bertz CT molecular complexity index is 392. The maximum absolute atomic E-state index is 11.6. The van der Waals surface area contributed by atoms with Gasteiger partial charge in [-0.3, -0.25) is 9.78 Å². The van der Waals surface area contributed by atoms with Crippen molar-refractivity contribution in [2.45, 2.75) is 0 Å². The molecular formula is C10H8N2O. The molecule has 0 aliphatic heterocycles. The van der Waals surface area contributed by atoms with Crippen LogP contribution < -0.4 is 0 Å². The Morgan fingerprint density at radius 3 is 2.62 bits per heavy atom. The summed E-state index contributed by atoms with van der Waals surface area (Å²) in [7, 11) is 0. The number of aromatic amines is 1. The summed E-state index contributed by atoms with van der Waals surface area (Å²) < 4.78 is 0. The standard InChI is InChI=1S/C10H8N2O/c13-10(9-2-1-5-12-9)8-3-6-11-7-4-8/h1-7,12H. The van der Waals surface area contributed by atoms with Crippen molar-refractivity contribution in [2.24, 2.45) is 0 Å². The van der Waals surface area contributed by atoms with Gasteiger partial charge in [-0.2, -0.15) is 0 Å². The summed E-state index contributed by atoms with van der Waals surface area (Å²) in [6.45, 7) is 0. The molecule has 1 N–H and O–H groups in total. The normalized spacial score (nSPS) is 9.85. The van der Waals surface area contributed by atoms with E-state index in [4.69, 9.17) is 0 Å². The minimum absolute atomic E-state index is 0.00704. The third-order valence-corrected chi connectivity index (χ3v) is 1.79. The first kappa shape index (κ1) is 7.73. The van der Waals surface area contributed by atoms with Gasteiger partial charge in [0.25, 0.3) is 0 Å². The highest BCUT2D eigenvalue weighted by Gasteiger charge is 2.07. The molecule has 0 aromatic carbocycles. The number of nitrogens with one attached hydrogen (secondary N) is 1. The minimum atomic E-state index is -0.00704. The van der Waals surface area contributed by atoms with Crippen molar-refractivity contribution < 1.29 is 4.79 Å². The van der Waals surface area contributed by atoms with Crippen LogP contribution in [0.4, 0.5) is 0 Å². The quantitative estimate of drug-likeness (QED) is 0.700. The molecule has 0 aliphatic carbocycles. The lowest BCUT2D eigenvalue weighted by atomic mass is 10.1. The third kappa shape index (κ3) is 1.49. The highest BCUT2D eigenvalue weighted by Crippen LogP contribution is 2.05. The first-order valence-electron chi connectivity index (χ1n) is 3.96. The Morgan fingerprint density at radius 1 is 1.23 bits per heavy atom. The first-order chi connectivity index (χ1) is 6.38. The van der Waals surface area contributed by atoms with Crippen LogP contribution in [0.2, 0.25) is 0 Å². The van der Waals surface area contributed by atoms with Gasteiger partial charge in [0.2, 0.25) is 5.78 Å². The lowest BCUT2D eigenvalue weighted by molar-refractivity contribution is 0.103. The van der Waals surface area contributed by atoms with E-state index in [-0.39, 0.29) is 5.78 Å². The van der Waals surface area contributed by atoms with Crippen molar-refractivity contribution in [1.82, 2.24) is 9.97 Å². The number of nitrogens with zero attached hydrogens (tertiary/aromatic N) is 1. The van der Waals surface area contributed by atoms with Gasteiger partial charge in [0, 0.05) is 24.2 Å². The first-order valence-corrected chi connectivity index (χ1v) is 3.96. The van der Waals surface area contributed by atoms with Crippen molar-refractivity contribution in [3.63, 3.8) is 0 Å². The zero-order valence-electron chi connectivity index (χ0n) is 6.90. The number of carbonyl (C=O) groups is 1. The Morgan fingerprint density at radius 2 is 2.00 bits per heavy atom. The summed E-state index contributed by atoms with van der Waals surface area (Å²) in [4.78, 5) is 18.4. The number of aromatic nitrogens is 2. The number of hydrogen-bond donors (Lipinski definition) is 1. The summed E-state index contributed by atoms with van der Waals surface area (Å²) in [5.41, 5.74) is 1.25. The molecule has 13 heavy (non-hydrogen) atoms. The molecule has 2 aromatic heterocycles. The Kier molecular flexibility index (Phi) is 1.92. The van der Waals surface area contributed by atoms with E-state index in [1.807, 2.05) is 0 Å². The zero-order chi connectivity index (χ0) is 9.10. The molecule has 0 radical (unpaired) electrons. The van der Waals surface area contributed by atoms with Gasteiger partial charge in [-0.1, -0.05) is 0 Å². The monoisotopic (exact) mass is 172 g/mol. The van der Waals surface area contributed by atoms with Crippen LogP contribution in [0.15, 0.2) is 42.9 Å². The van der Waals surface area contributed by atoms with Gasteiger partial charge >= 0.3 is 0 Å². The molecule has 0 aliphatic rings.